The molecule has 8 rings (SSSR count). The van der Waals surface area contributed by atoms with Crippen LogP contribution in [0.5, 0.6) is 11.5 Å². The highest BCUT2D eigenvalue weighted by Crippen LogP contribution is 2.47. The minimum Gasteiger partial charge on any atom is -0.454 e. The van der Waals surface area contributed by atoms with Crippen molar-refractivity contribution in [1.29, 1.82) is 0 Å². The van der Waals surface area contributed by atoms with E-state index >= 15 is 0 Å². The fraction of sp³-hybridized carbons (Fsp3) is 0.182. The van der Waals surface area contributed by atoms with Crippen molar-refractivity contribution in [3.8, 4) is 11.5 Å². The maximum Gasteiger partial charge on any atom is 0.266 e. The smallest absolute Gasteiger partial charge is 0.266 e. The molecule has 2 aliphatic rings. The molecular weight excluding hydrogens is 714 g/mol. The molecule has 10 nitrogen and oxygen atoms in total. The number of aliphatic hydroxyl groups is 2. The Bertz CT molecular complexity index is 2420. The molecule has 1 unspecified atom stereocenters. The number of hydrogen-bond donors (Lipinski definition) is 2. The van der Waals surface area contributed by atoms with Gasteiger partial charge in [0.05, 0.1) is 41.7 Å². The van der Waals surface area contributed by atoms with Crippen molar-refractivity contribution in [2.24, 2.45) is 5.92 Å². The molecule has 0 saturated carbocycles. The summed E-state index contributed by atoms with van der Waals surface area (Å²) in [4.78, 5) is 31.6. The first kappa shape index (κ1) is 35.9. The van der Waals surface area contributed by atoms with E-state index < -0.39 is 17.4 Å². The summed E-state index contributed by atoms with van der Waals surface area (Å²) < 4.78 is 7.90. The van der Waals surface area contributed by atoms with Crippen LogP contribution in [0.4, 0.5) is 17.1 Å². The van der Waals surface area contributed by atoms with E-state index in [-0.39, 0.29) is 25.0 Å². The molecule has 0 spiro atoms. The number of allylic oxidation sites excluding steroid dienone is 1. The van der Waals surface area contributed by atoms with Crippen molar-refractivity contribution in [2.75, 3.05) is 16.4 Å². The van der Waals surface area contributed by atoms with Crippen LogP contribution < -0.4 is 14.5 Å². The maximum absolute atomic E-state index is 14.4. The molecule has 1 aromatic heterocycles. The topological polar surface area (TPSA) is 121 Å². The van der Waals surface area contributed by atoms with E-state index in [1.807, 2.05) is 110 Å². The number of ether oxygens (including phenoxy) is 1. The van der Waals surface area contributed by atoms with Crippen LogP contribution in [0.25, 0.3) is 0 Å². The highest BCUT2D eigenvalue weighted by Gasteiger charge is 2.52. The molecule has 2 amide bonds. The number of para-hydroxylation sites is 3. The van der Waals surface area contributed by atoms with Gasteiger partial charge in [0.15, 0.2) is 11.4 Å². The zero-order chi connectivity index (χ0) is 38.1. The predicted molar refractivity (Wildman–Crippen MR) is 211 cm³/mol. The molecule has 6 aromatic rings. The molecule has 0 bridgehead atoms. The first-order chi connectivity index (χ1) is 26.8. The fourth-order valence-electron chi connectivity index (χ4n) is 7.40. The molecule has 11 heteroatoms. The van der Waals surface area contributed by atoms with Crippen LogP contribution in [0, 0.1) is 5.92 Å². The van der Waals surface area contributed by atoms with Gasteiger partial charge in [0.25, 0.3) is 11.8 Å². The summed E-state index contributed by atoms with van der Waals surface area (Å²) in [6.07, 6.45) is 6.16. The molecule has 0 aliphatic carbocycles. The first-order valence-corrected chi connectivity index (χ1v) is 18.5. The quantitative estimate of drug-likeness (QED) is 0.128. The second-order valence-electron chi connectivity index (χ2n) is 13.8. The largest absolute Gasteiger partial charge is 0.454 e. The zero-order valence-electron chi connectivity index (χ0n) is 30.0. The number of carbonyl (C=O) groups is 2. The van der Waals surface area contributed by atoms with Crippen LogP contribution in [0.1, 0.15) is 52.0 Å². The molecule has 0 radical (unpaired) electrons. The molecule has 3 heterocycles. The second kappa shape index (κ2) is 15.0. The van der Waals surface area contributed by atoms with Crippen molar-refractivity contribution >= 4 is 40.5 Å². The molecule has 0 saturated heterocycles. The number of carbonyl (C=O) groups excluding carboxylic acids is 2. The Hall–Kier alpha value is -6.07. The van der Waals surface area contributed by atoms with Crippen molar-refractivity contribution < 1.29 is 24.5 Å². The van der Waals surface area contributed by atoms with Crippen LogP contribution in [0.3, 0.4) is 0 Å². The Labute approximate surface area is 323 Å². The standard InChI is InChI=1S/C44H38ClN5O5/c1-29(12-9-10-23-48-27-37(46-47-48)35(28-51)31-14-3-2-4-15-31)44(54)36-25-32(45)21-22-38(36)49(43(44)53)26-30-13-11-16-33(24-30)50-39-18-6-8-20-41(39)55-40-19-7-5-17-34(40)42(50)52/h2-9,11-22,24-25,27,29,35,51,54H,10,23,26,28H2,1H3/b12-9+/t29-,35?,44+/m1/s1. The van der Waals surface area contributed by atoms with Gasteiger partial charge in [-0.15, -0.1) is 5.10 Å². The van der Waals surface area contributed by atoms with E-state index in [1.165, 1.54) is 0 Å². The van der Waals surface area contributed by atoms with Crippen LogP contribution in [0.15, 0.2) is 140 Å². The average molecular weight is 752 g/mol. The number of amides is 2. The van der Waals surface area contributed by atoms with Gasteiger partial charge in [-0.05, 0) is 72.1 Å². The highest BCUT2D eigenvalue weighted by molar-refractivity contribution is 6.31. The summed E-state index contributed by atoms with van der Waals surface area (Å²) in [5.41, 5.74) is 3.15. The van der Waals surface area contributed by atoms with E-state index in [2.05, 4.69) is 10.3 Å². The van der Waals surface area contributed by atoms with Gasteiger partial charge >= 0.3 is 0 Å². The van der Waals surface area contributed by atoms with E-state index in [1.54, 1.807) is 50.9 Å². The number of aliphatic hydroxyl groups excluding tert-OH is 1. The lowest BCUT2D eigenvalue weighted by Crippen LogP contribution is -2.44. The van der Waals surface area contributed by atoms with E-state index in [0.717, 1.165) is 11.1 Å². The van der Waals surface area contributed by atoms with Gasteiger partial charge in [-0.1, -0.05) is 103 Å². The Morgan fingerprint density at radius 3 is 2.45 bits per heavy atom. The monoisotopic (exact) mass is 751 g/mol. The number of benzene rings is 5. The summed E-state index contributed by atoms with van der Waals surface area (Å²) in [6.45, 7) is 2.38. The second-order valence-corrected chi connectivity index (χ2v) is 14.2. The Morgan fingerprint density at radius 2 is 1.64 bits per heavy atom. The van der Waals surface area contributed by atoms with Gasteiger partial charge in [0.2, 0.25) is 0 Å². The van der Waals surface area contributed by atoms with Crippen LogP contribution in [0.2, 0.25) is 5.02 Å². The SMILES string of the molecule is C[C@H](/C=C/CCn1cc(C(CO)c2ccccc2)nn1)[C@@]1(O)C(=O)N(Cc2cccc(N3C(=O)c4ccccc4Oc4ccccc43)c2)c2ccc(Cl)cc21. The van der Waals surface area contributed by atoms with Crippen molar-refractivity contribution in [1.82, 2.24) is 15.0 Å². The van der Waals surface area contributed by atoms with Crippen molar-refractivity contribution in [3.63, 3.8) is 0 Å². The van der Waals surface area contributed by atoms with Crippen LogP contribution in [-0.4, -0.2) is 43.6 Å². The summed E-state index contributed by atoms with van der Waals surface area (Å²) >= 11 is 6.45. The van der Waals surface area contributed by atoms with E-state index in [4.69, 9.17) is 16.3 Å². The minimum atomic E-state index is -1.88. The lowest BCUT2D eigenvalue weighted by atomic mass is 9.83. The summed E-state index contributed by atoms with van der Waals surface area (Å²) in [5.74, 6) is -0.572. The van der Waals surface area contributed by atoms with Gasteiger partial charge in [-0.3, -0.25) is 19.2 Å². The molecule has 2 aliphatic heterocycles. The average Bonchev–Trinajstić information content (AvgIpc) is 3.71. The Kier molecular flexibility index (Phi) is 9.79. The van der Waals surface area contributed by atoms with Gasteiger partial charge in [0.1, 0.15) is 5.75 Å². The van der Waals surface area contributed by atoms with Crippen molar-refractivity contribution in [3.05, 3.63) is 173 Å². The molecule has 55 heavy (non-hydrogen) atoms. The zero-order valence-corrected chi connectivity index (χ0v) is 30.8. The predicted octanol–water partition coefficient (Wildman–Crippen LogP) is 8.16. The maximum atomic E-state index is 14.4. The number of fused-ring (bicyclic) bond motifs is 3. The van der Waals surface area contributed by atoms with Crippen molar-refractivity contribution in [2.45, 2.75) is 38.0 Å². The molecule has 0 fully saturated rings. The number of hydrogen-bond acceptors (Lipinski definition) is 7. The van der Waals surface area contributed by atoms with Gasteiger partial charge in [0, 0.05) is 34.9 Å². The first-order valence-electron chi connectivity index (χ1n) is 18.1. The third-order valence-corrected chi connectivity index (χ3v) is 10.5. The van der Waals surface area contributed by atoms with E-state index in [9.17, 15) is 19.8 Å². The minimum absolute atomic E-state index is 0.0855. The number of anilines is 3. The molecular formula is C44H38ClN5O5. The number of halogens is 1. The normalized spacial score (nSPS) is 17.4. The summed E-state index contributed by atoms with van der Waals surface area (Å²) in [6, 6.07) is 36.8. The molecule has 276 valence electrons. The third-order valence-electron chi connectivity index (χ3n) is 10.3. The number of rotatable bonds is 11. The lowest BCUT2D eigenvalue weighted by molar-refractivity contribution is -0.139. The lowest BCUT2D eigenvalue weighted by Gasteiger charge is -2.28. The van der Waals surface area contributed by atoms with Crippen LogP contribution in [-0.2, 0) is 23.5 Å². The summed E-state index contributed by atoms with van der Waals surface area (Å²) in [5, 5.41) is 31.3. The van der Waals surface area contributed by atoms with Crippen LogP contribution >= 0.6 is 11.6 Å². The molecule has 2 N–H and O–H groups in total. The van der Waals surface area contributed by atoms with Gasteiger partial charge in [-0.25, -0.2) is 0 Å². The highest BCUT2D eigenvalue weighted by atomic mass is 35.5. The molecule has 5 aromatic carbocycles. The Morgan fingerprint density at radius 1 is 0.873 bits per heavy atom. The number of aryl methyl sites for hydroxylation is 1. The summed E-state index contributed by atoms with van der Waals surface area (Å²) in [7, 11) is 0. The Balaban J connectivity index is 1.02. The third kappa shape index (κ3) is 6.69. The van der Waals surface area contributed by atoms with Gasteiger partial charge < -0.3 is 19.8 Å². The van der Waals surface area contributed by atoms with E-state index in [0.29, 0.717) is 63.4 Å². The number of aromatic nitrogens is 3. The number of nitrogens with zero attached hydrogens (tertiary/aromatic N) is 5. The molecule has 3 atom stereocenters. The van der Waals surface area contributed by atoms with Gasteiger partial charge in [-0.2, -0.15) is 0 Å². The fourth-order valence-corrected chi connectivity index (χ4v) is 7.57.